The van der Waals surface area contributed by atoms with Crippen LogP contribution < -0.4 is 10.5 Å². The van der Waals surface area contributed by atoms with E-state index in [-0.39, 0.29) is 10.9 Å². The van der Waals surface area contributed by atoms with Crippen molar-refractivity contribution in [2.75, 3.05) is 6.54 Å². The molecule has 0 aliphatic heterocycles. The number of primary sulfonamides is 1. The van der Waals surface area contributed by atoms with Gasteiger partial charge in [-0.3, -0.25) is 0 Å². The van der Waals surface area contributed by atoms with E-state index in [2.05, 4.69) is 5.32 Å². The number of rotatable bonds is 6. The quantitative estimate of drug-likeness (QED) is 0.837. The van der Waals surface area contributed by atoms with Gasteiger partial charge in [-0.1, -0.05) is 18.2 Å². The zero-order chi connectivity index (χ0) is 17.7. The van der Waals surface area contributed by atoms with E-state index in [4.69, 9.17) is 10.4 Å². The van der Waals surface area contributed by atoms with Gasteiger partial charge in [-0.05, 0) is 49.7 Å². The average Bonchev–Trinajstić information content (AvgIpc) is 2.54. The van der Waals surface area contributed by atoms with E-state index in [1.54, 1.807) is 24.3 Å². The van der Waals surface area contributed by atoms with Gasteiger partial charge in [0, 0.05) is 11.6 Å². The lowest BCUT2D eigenvalue weighted by Gasteiger charge is -2.15. The molecule has 0 aromatic heterocycles. The summed E-state index contributed by atoms with van der Waals surface area (Å²) in [6.45, 7) is 2.43. The summed E-state index contributed by atoms with van der Waals surface area (Å²) in [5, 5.41) is 17.0. The van der Waals surface area contributed by atoms with E-state index in [0.717, 1.165) is 5.56 Å². The van der Waals surface area contributed by atoms with E-state index in [1.165, 1.54) is 18.2 Å². The maximum absolute atomic E-state index is 13.9. The van der Waals surface area contributed by atoms with Gasteiger partial charge < -0.3 is 5.32 Å². The van der Waals surface area contributed by atoms with Crippen LogP contribution in [0.25, 0.3) is 0 Å². The first kappa shape index (κ1) is 18.1. The summed E-state index contributed by atoms with van der Waals surface area (Å²) >= 11 is 0. The van der Waals surface area contributed by atoms with Gasteiger partial charge in [-0.15, -0.1) is 0 Å². The number of halogens is 1. The molecule has 5 nitrogen and oxygen atoms in total. The van der Waals surface area contributed by atoms with Gasteiger partial charge in [-0.2, -0.15) is 5.26 Å². The summed E-state index contributed by atoms with van der Waals surface area (Å²) in [5.41, 5.74) is 1.74. The molecule has 0 bridgehead atoms. The molecule has 0 radical (unpaired) electrons. The molecule has 0 fully saturated rings. The van der Waals surface area contributed by atoms with Crippen molar-refractivity contribution >= 4 is 10.0 Å². The van der Waals surface area contributed by atoms with E-state index in [0.29, 0.717) is 24.1 Å². The monoisotopic (exact) mass is 347 g/mol. The Balaban J connectivity index is 1.93. The summed E-state index contributed by atoms with van der Waals surface area (Å²) in [6.07, 6.45) is 0.660. The summed E-state index contributed by atoms with van der Waals surface area (Å²) in [6, 6.07) is 12.4. The fourth-order valence-corrected chi connectivity index (χ4v) is 2.85. The van der Waals surface area contributed by atoms with E-state index in [1.807, 2.05) is 13.0 Å². The molecule has 7 heteroatoms. The predicted octanol–water partition coefficient (Wildman–Crippen LogP) is 2.24. The number of hydrogen-bond acceptors (Lipinski definition) is 4. The van der Waals surface area contributed by atoms with Crippen LogP contribution in [-0.2, 0) is 16.4 Å². The summed E-state index contributed by atoms with van der Waals surface area (Å²) in [4.78, 5) is 0.0761. The number of sulfonamides is 1. The van der Waals surface area contributed by atoms with Crippen molar-refractivity contribution in [2.45, 2.75) is 24.3 Å². The lowest BCUT2D eigenvalue weighted by Crippen LogP contribution is -2.22. The Morgan fingerprint density at radius 2 is 1.92 bits per heavy atom. The van der Waals surface area contributed by atoms with Gasteiger partial charge in [0.05, 0.1) is 16.5 Å². The Morgan fingerprint density at radius 3 is 2.46 bits per heavy atom. The topological polar surface area (TPSA) is 96.0 Å². The smallest absolute Gasteiger partial charge is 0.238 e. The molecule has 0 saturated carbocycles. The standard InChI is InChI=1S/C17H18FN3O2S/c1-12(16-7-4-14(11-19)10-17(16)18)21-9-8-13-2-5-15(6-3-13)24(20,22)23/h2-7,10,12,21H,8-9H2,1H3,(H2,20,22,23)/t12-/m1/s1. The molecule has 3 N–H and O–H groups in total. The zero-order valence-corrected chi connectivity index (χ0v) is 14.0. The molecule has 0 aliphatic rings. The van der Waals surface area contributed by atoms with Crippen LogP contribution in [0.1, 0.15) is 29.7 Å². The first-order chi connectivity index (χ1) is 11.3. The van der Waals surface area contributed by atoms with Crippen LogP contribution in [-0.4, -0.2) is 15.0 Å². The molecule has 0 aliphatic carbocycles. The minimum absolute atomic E-state index is 0.0761. The lowest BCUT2D eigenvalue weighted by molar-refractivity contribution is 0.530. The summed E-state index contributed by atoms with van der Waals surface area (Å²) in [7, 11) is -3.68. The number of benzene rings is 2. The van der Waals surface area contributed by atoms with Crippen LogP contribution in [0.3, 0.4) is 0 Å². The van der Waals surface area contributed by atoms with E-state index in [9.17, 15) is 12.8 Å². The van der Waals surface area contributed by atoms with Crippen LogP contribution in [0.5, 0.6) is 0 Å². The molecule has 2 aromatic rings. The zero-order valence-electron chi connectivity index (χ0n) is 13.2. The van der Waals surface area contributed by atoms with Crippen molar-refractivity contribution in [3.63, 3.8) is 0 Å². The van der Waals surface area contributed by atoms with Crippen molar-refractivity contribution in [2.24, 2.45) is 5.14 Å². The van der Waals surface area contributed by atoms with E-state index < -0.39 is 15.8 Å². The van der Waals surface area contributed by atoms with Crippen molar-refractivity contribution < 1.29 is 12.8 Å². The average molecular weight is 347 g/mol. The largest absolute Gasteiger partial charge is 0.310 e. The van der Waals surface area contributed by atoms with Crippen LogP contribution >= 0.6 is 0 Å². The van der Waals surface area contributed by atoms with Gasteiger partial charge in [0.1, 0.15) is 5.82 Å². The molecule has 0 spiro atoms. The normalized spacial score (nSPS) is 12.6. The van der Waals surface area contributed by atoms with Gasteiger partial charge in [0.15, 0.2) is 0 Å². The number of nitrogens with one attached hydrogen (secondary N) is 1. The first-order valence-corrected chi connectivity index (χ1v) is 8.90. The molecule has 0 saturated heterocycles. The molecule has 126 valence electrons. The molecule has 2 aromatic carbocycles. The highest BCUT2D eigenvalue weighted by atomic mass is 32.2. The van der Waals surface area contributed by atoms with E-state index >= 15 is 0 Å². The van der Waals surface area contributed by atoms with Gasteiger partial charge in [0.2, 0.25) is 10.0 Å². The highest BCUT2D eigenvalue weighted by Crippen LogP contribution is 2.18. The third-order valence-corrected chi connectivity index (χ3v) is 4.64. The molecule has 1 atom stereocenters. The molecule has 24 heavy (non-hydrogen) atoms. The highest BCUT2D eigenvalue weighted by Gasteiger charge is 2.11. The Labute approximate surface area is 141 Å². The van der Waals surface area contributed by atoms with Crippen LogP contribution in [0, 0.1) is 17.1 Å². The fraction of sp³-hybridized carbons (Fsp3) is 0.235. The van der Waals surface area contributed by atoms with Crippen LogP contribution in [0.15, 0.2) is 47.4 Å². The van der Waals surface area contributed by atoms with Gasteiger partial charge in [0.25, 0.3) is 0 Å². The van der Waals surface area contributed by atoms with Crippen molar-refractivity contribution in [3.8, 4) is 6.07 Å². The maximum atomic E-state index is 13.9. The minimum Gasteiger partial charge on any atom is -0.310 e. The second kappa shape index (κ2) is 7.53. The molecule has 2 rings (SSSR count). The minimum atomic E-state index is -3.68. The van der Waals surface area contributed by atoms with Crippen molar-refractivity contribution in [1.82, 2.24) is 5.32 Å². The first-order valence-electron chi connectivity index (χ1n) is 7.36. The highest BCUT2D eigenvalue weighted by molar-refractivity contribution is 7.89. The molecule has 0 amide bonds. The second-order valence-corrected chi connectivity index (χ2v) is 7.02. The van der Waals surface area contributed by atoms with Crippen LogP contribution in [0.4, 0.5) is 4.39 Å². The fourth-order valence-electron chi connectivity index (χ4n) is 2.34. The molecular weight excluding hydrogens is 329 g/mol. The Morgan fingerprint density at radius 1 is 1.25 bits per heavy atom. The number of hydrogen-bond donors (Lipinski definition) is 2. The van der Waals surface area contributed by atoms with Crippen molar-refractivity contribution in [3.05, 3.63) is 65.0 Å². The van der Waals surface area contributed by atoms with Crippen LogP contribution in [0.2, 0.25) is 0 Å². The van der Waals surface area contributed by atoms with Gasteiger partial charge in [-0.25, -0.2) is 17.9 Å². The lowest BCUT2D eigenvalue weighted by atomic mass is 10.1. The number of nitriles is 1. The summed E-state index contributed by atoms with van der Waals surface area (Å²) in [5.74, 6) is -0.411. The Hall–Kier alpha value is -2.27. The third kappa shape index (κ3) is 4.61. The van der Waals surface area contributed by atoms with Crippen molar-refractivity contribution in [1.29, 1.82) is 5.26 Å². The molecule has 0 heterocycles. The van der Waals surface area contributed by atoms with Gasteiger partial charge >= 0.3 is 0 Å². The number of nitrogens with zero attached hydrogens (tertiary/aromatic N) is 1. The molecule has 0 unspecified atom stereocenters. The molecular formula is C17H18FN3O2S. The Bertz CT molecular complexity index is 858. The SMILES string of the molecule is C[C@@H](NCCc1ccc(S(N)(=O)=O)cc1)c1ccc(C#N)cc1F. The second-order valence-electron chi connectivity index (χ2n) is 5.46. The predicted molar refractivity (Wildman–Crippen MR) is 89.1 cm³/mol. The number of nitrogens with two attached hydrogens (primary N) is 1. The maximum Gasteiger partial charge on any atom is 0.238 e. The Kier molecular flexibility index (Phi) is 5.67. The third-order valence-electron chi connectivity index (χ3n) is 3.71. The summed E-state index contributed by atoms with van der Waals surface area (Å²) < 4.78 is 36.3.